The molecule has 0 aromatic carbocycles. The SMILES string of the molecule is C[C@@H]1CO[C@]2(C)C=CC(=O)C[C@@H]2O1. The van der Waals surface area contributed by atoms with Gasteiger partial charge in [0.05, 0.1) is 18.8 Å². The number of hydrogen-bond donors (Lipinski definition) is 0. The van der Waals surface area contributed by atoms with E-state index in [1.165, 1.54) is 0 Å². The lowest BCUT2D eigenvalue weighted by atomic mass is 9.87. The molecule has 1 heterocycles. The molecule has 0 bridgehead atoms. The minimum atomic E-state index is -0.388. The van der Waals surface area contributed by atoms with Gasteiger partial charge in [-0.05, 0) is 26.0 Å². The van der Waals surface area contributed by atoms with Crippen LogP contribution < -0.4 is 0 Å². The maximum atomic E-state index is 11.1. The molecule has 3 atom stereocenters. The van der Waals surface area contributed by atoms with Gasteiger partial charge >= 0.3 is 0 Å². The van der Waals surface area contributed by atoms with Gasteiger partial charge in [0, 0.05) is 6.42 Å². The van der Waals surface area contributed by atoms with Crippen LogP contribution in [0.5, 0.6) is 0 Å². The maximum absolute atomic E-state index is 11.1. The predicted molar refractivity (Wildman–Crippen MR) is 47.5 cm³/mol. The summed E-state index contributed by atoms with van der Waals surface area (Å²) in [5, 5.41) is 0. The lowest BCUT2D eigenvalue weighted by Gasteiger charge is -2.43. The summed E-state index contributed by atoms with van der Waals surface area (Å²) in [4.78, 5) is 11.1. The van der Waals surface area contributed by atoms with E-state index >= 15 is 0 Å². The Kier molecular flexibility index (Phi) is 2.00. The molecule has 13 heavy (non-hydrogen) atoms. The summed E-state index contributed by atoms with van der Waals surface area (Å²) in [6.07, 6.45) is 3.84. The molecule has 0 aromatic rings. The zero-order chi connectivity index (χ0) is 9.47. The molecule has 72 valence electrons. The van der Waals surface area contributed by atoms with Crippen molar-refractivity contribution in [2.75, 3.05) is 6.61 Å². The van der Waals surface area contributed by atoms with E-state index in [0.29, 0.717) is 13.0 Å². The number of fused-ring (bicyclic) bond motifs is 1. The van der Waals surface area contributed by atoms with E-state index in [-0.39, 0.29) is 23.6 Å². The molecule has 0 unspecified atom stereocenters. The van der Waals surface area contributed by atoms with Crippen LogP contribution in [0.15, 0.2) is 12.2 Å². The van der Waals surface area contributed by atoms with Crippen molar-refractivity contribution in [3.8, 4) is 0 Å². The second kappa shape index (κ2) is 2.93. The van der Waals surface area contributed by atoms with Crippen LogP contribution in [-0.2, 0) is 14.3 Å². The first kappa shape index (κ1) is 8.91. The van der Waals surface area contributed by atoms with Gasteiger partial charge in [-0.2, -0.15) is 0 Å². The predicted octanol–water partition coefficient (Wildman–Crippen LogP) is 1.08. The van der Waals surface area contributed by atoms with Crippen molar-refractivity contribution in [3.05, 3.63) is 12.2 Å². The van der Waals surface area contributed by atoms with Crippen molar-refractivity contribution in [1.29, 1.82) is 0 Å². The fourth-order valence-corrected chi connectivity index (χ4v) is 1.76. The van der Waals surface area contributed by atoms with Crippen LogP contribution in [0.25, 0.3) is 0 Å². The Bertz CT molecular complexity index is 259. The van der Waals surface area contributed by atoms with Gasteiger partial charge in [-0.1, -0.05) is 0 Å². The molecular formula is C10H14O3. The summed E-state index contributed by atoms with van der Waals surface area (Å²) in [6.45, 7) is 4.53. The highest BCUT2D eigenvalue weighted by Gasteiger charge is 2.42. The molecule has 1 fully saturated rings. The second-order valence-corrected chi connectivity index (χ2v) is 3.93. The van der Waals surface area contributed by atoms with E-state index in [4.69, 9.17) is 9.47 Å². The third-order valence-corrected chi connectivity index (χ3v) is 2.65. The van der Waals surface area contributed by atoms with Crippen molar-refractivity contribution in [2.45, 2.75) is 38.1 Å². The van der Waals surface area contributed by atoms with E-state index in [1.54, 1.807) is 6.08 Å². The van der Waals surface area contributed by atoms with Gasteiger partial charge in [0.25, 0.3) is 0 Å². The van der Waals surface area contributed by atoms with Crippen LogP contribution in [0.3, 0.4) is 0 Å². The highest BCUT2D eigenvalue weighted by Crippen LogP contribution is 2.31. The van der Waals surface area contributed by atoms with Gasteiger partial charge in [-0.25, -0.2) is 0 Å². The van der Waals surface area contributed by atoms with Crippen molar-refractivity contribution >= 4 is 5.78 Å². The topological polar surface area (TPSA) is 35.5 Å². The lowest BCUT2D eigenvalue weighted by Crippen LogP contribution is -2.52. The summed E-state index contributed by atoms with van der Waals surface area (Å²) < 4.78 is 11.3. The number of ether oxygens (including phenoxy) is 2. The van der Waals surface area contributed by atoms with E-state index in [2.05, 4.69) is 0 Å². The normalized spacial score (nSPS) is 44.6. The summed E-state index contributed by atoms with van der Waals surface area (Å²) >= 11 is 0. The minimum Gasteiger partial charge on any atom is -0.369 e. The molecule has 1 saturated heterocycles. The zero-order valence-electron chi connectivity index (χ0n) is 7.95. The van der Waals surface area contributed by atoms with E-state index in [1.807, 2.05) is 19.9 Å². The van der Waals surface area contributed by atoms with Gasteiger partial charge in [0.15, 0.2) is 5.78 Å². The quantitative estimate of drug-likeness (QED) is 0.562. The Balaban J connectivity index is 2.21. The molecule has 0 N–H and O–H groups in total. The first-order chi connectivity index (χ1) is 6.10. The number of rotatable bonds is 0. The lowest BCUT2D eigenvalue weighted by molar-refractivity contribution is -0.206. The smallest absolute Gasteiger partial charge is 0.158 e. The molecule has 0 amide bonds. The molecule has 0 aromatic heterocycles. The molecule has 1 aliphatic carbocycles. The first-order valence-corrected chi connectivity index (χ1v) is 4.62. The third-order valence-electron chi connectivity index (χ3n) is 2.65. The molecule has 3 nitrogen and oxygen atoms in total. The number of ketones is 1. The number of allylic oxidation sites excluding steroid dienone is 1. The molecule has 0 radical (unpaired) electrons. The van der Waals surface area contributed by atoms with Crippen molar-refractivity contribution in [2.24, 2.45) is 0 Å². The van der Waals surface area contributed by atoms with Gasteiger partial charge in [-0.15, -0.1) is 0 Å². The fourth-order valence-electron chi connectivity index (χ4n) is 1.76. The first-order valence-electron chi connectivity index (χ1n) is 4.62. The van der Waals surface area contributed by atoms with Gasteiger partial charge < -0.3 is 9.47 Å². The summed E-state index contributed by atoms with van der Waals surface area (Å²) in [5.41, 5.74) is -0.388. The third kappa shape index (κ3) is 1.54. The van der Waals surface area contributed by atoms with E-state index < -0.39 is 0 Å². The summed E-state index contributed by atoms with van der Waals surface area (Å²) in [5.74, 6) is 0.125. The summed E-state index contributed by atoms with van der Waals surface area (Å²) in [7, 11) is 0. The van der Waals surface area contributed by atoms with Crippen LogP contribution in [-0.4, -0.2) is 30.2 Å². The van der Waals surface area contributed by atoms with Crippen molar-refractivity contribution in [1.82, 2.24) is 0 Å². The average molecular weight is 182 g/mol. The maximum Gasteiger partial charge on any atom is 0.158 e. The Morgan fingerprint density at radius 2 is 2.38 bits per heavy atom. The molecule has 3 heteroatoms. The minimum absolute atomic E-state index is 0.0948. The zero-order valence-corrected chi connectivity index (χ0v) is 7.95. The molecule has 2 aliphatic rings. The highest BCUT2D eigenvalue weighted by atomic mass is 16.6. The number of hydrogen-bond acceptors (Lipinski definition) is 3. The van der Waals surface area contributed by atoms with Crippen LogP contribution in [0, 0.1) is 0 Å². The molecule has 0 saturated carbocycles. The Hall–Kier alpha value is -0.670. The summed E-state index contributed by atoms with van der Waals surface area (Å²) in [6, 6.07) is 0. The molecule has 1 aliphatic heterocycles. The van der Waals surface area contributed by atoms with E-state index in [0.717, 1.165) is 0 Å². The van der Waals surface area contributed by atoms with Crippen molar-refractivity contribution in [3.63, 3.8) is 0 Å². The van der Waals surface area contributed by atoms with Gasteiger partial charge in [0.1, 0.15) is 5.60 Å². The van der Waals surface area contributed by atoms with Crippen LogP contribution in [0.2, 0.25) is 0 Å². The second-order valence-electron chi connectivity index (χ2n) is 3.93. The van der Waals surface area contributed by atoms with Crippen molar-refractivity contribution < 1.29 is 14.3 Å². The largest absolute Gasteiger partial charge is 0.369 e. The number of carbonyl (C=O) groups excluding carboxylic acids is 1. The standard InChI is InChI=1S/C10H14O3/c1-7-6-12-10(2)4-3-8(11)5-9(10)13-7/h3-4,7,9H,5-6H2,1-2H3/t7-,9+,10-/m1/s1. The Labute approximate surface area is 77.7 Å². The van der Waals surface area contributed by atoms with Crippen LogP contribution in [0.4, 0.5) is 0 Å². The highest BCUT2D eigenvalue weighted by molar-refractivity contribution is 5.91. The fraction of sp³-hybridized carbons (Fsp3) is 0.700. The Morgan fingerprint density at radius 3 is 3.15 bits per heavy atom. The monoisotopic (exact) mass is 182 g/mol. The molecular weight excluding hydrogens is 168 g/mol. The molecule has 2 rings (SSSR count). The van der Waals surface area contributed by atoms with Gasteiger partial charge in [-0.3, -0.25) is 4.79 Å². The van der Waals surface area contributed by atoms with E-state index in [9.17, 15) is 4.79 Å². The van der Waals surface area contributed by atoms with Crippen LogP contribution in [0.1, 0.15) is 20.3 Å². The molecule has 0 spiro atoms. The Morgan fingerprint density at radius 1 is 1.62 bits per heavy atom. The van der Waals surface area contributed by atoms with Crippen LogP contribution >= 0.6 is 0 Å². The van der Waals surface area contributed by atoms with Gasteiger partial charge in [0.2, 0.25) is 0 Å². The average Bonchev–Trinajstić information content (AvgIpc) is 2.08. The number of carbonyl (C=O) groups is 1.